The molecule has 7 nitrogen and oxygen atoms in total. The number of ether oxygens (including phenoxy) is 1. The van der Waals surface area contributed by atoms with E-state index >= 15 is 0 Å². The van der Waals surface area contributed by atoms with Gasteiger partial charge in [-0.2, -0.15) is 0 Å². The van der Waals surface area contributed by atoms with Crippen LogP contribution in [0.3, 0.4) is 0 Å². The predicted molar refractivity (Wildman–Crippen MR) is 88.6 cm³/mol. The molecular formula is C16H24N6O. The smallest absolute Gasteiger partial charge is 0.132 e. The molecule has 7 heteroatoms. The van der Waals surface area contributed by atoms with Crippen LogP contribution in [0.5, 0.6) is 0 Å². The predicted octanol–water partition coefficient (Wildman–Crippen LogP) is 1.09. The quantitative estimate of drug-likeness (QED) is 0.890. The van der Waals surface area contributed by atoms with Crippen LogP contribution in [0.4, 0.5) is 5.82 Å². The normalized spacial score (nSPS) is 18.1. The van der Waals surface area contributed by atoms with Crippen LogP contribution in [0.2, 0.25) is 0 Å². The molecule has 0 aliphatic carbocycles. The lowest BCUT2D eigenvalue weighted by atomic mass is 10.2. The van der Waals surface area contributed by atoms with E-state index < -0.39 is 0 Å². The maximum absolute atomic E-state index is 5.80. The summed E-state index contributed by atoms with van der Waals surface area (Å²) in [5.74, 6) is 2.73. The fourth-order valence-electron chi connectivity index (χ4n) is 2.70. The van der Waals surface area contributed by atoms with Crippen molar-refractivity contribution in [2.45, 2.75) is 26.5 Å². The van der Waals surface area contributed by atoms with Crippen LogP contribution < -0.4 is 10.2 Å². The number of anilines is 1. The van der Waals surface area contributed by atoms with Crippen molar-refractivity contribution in [1.29, 1.82) is 0 Å². The maximum atomic E-state index is 5.80. The van der Waals surface area contributed by atoms with E-state index in [1.807, 2.05) is 32.3 Å². The highest BCUT2D eigenvalue weighted by Gasteiger charge is 2.19. The number of aromatic nitrogens is 4. The van der Waals surface area contributed by atoms with Crippen molar-refractivity contribution in [1.82, 2.24) is 24.8 Å². The van der Waals surface area contributed by atoms with Crippen molar-refractivity contribution in [3.8, 4) is 0 Å². The van der Waals surface area contributed by atoms with Gasteiger partial charge in [0.25, 0.3) is 0 Å². The van der Waals surface area contributed by atoms with Crippen molar-refractivity contribution < 1.29 is 4.74 Å². The Morgan fingerprint density at radius 2 is 2.26 bits per heavy atom. The molecule has 1 N–H and O–H groups in total. The van der Waals surface area contributed by atoms with Crippen LogP contribution >= 0.6 is 0 Å². The monoisotopic (exact) mass is 316 g/mol. The molecule has 1 saturated heterocycles. The minimum Gasteiger partial charge on any atom is -0.369 e. The standard InChI is InChI=1S/C16H24N6O/c1-12-19-14(15-11-17-5-9-23-15)10-16(20-12)21(3)7-8-22-6-4-18-13(22)2/h4,6,10,15,17H,5,7-9,11H2,1-3H3/t15-/m1/s1. The Bertz CT molecular complexity index is 650. The van der Waals surface area contributed by atoms with Gasteiger partial charge in [-0.3, -0.25) is 0 Å². The lowest BCUT2D eigenvalue weighted by molar-refractivity contribution is 0.0249. The van der Waals surface area contributed by atoms with E-state index in [0.717, 1.165) is 55.9 Å². The number of likely N-dealkylation sites (N-methyl/N-ethyl adjacent to an activating group) is 1. The van der Waals surface area contributed by atoms with E-state index in [-0.39, 0.29) is 6.10 Å². The summed E-state index contributed by atoms with van der Waals surface area (Å²) in [6.45, 7) is 8.10. The highest BCUT2D eigenvalue weighted by Crippen LogP contribution is 2.20. The fourth-order valence-corrected chi connectivity index (χ4v) is 2.70. The zero-order chi connectivity index (χ0) is 16.2. The van der Waals surface area contributed by atoms with Gasteiger partial charge in [0.2, 0.25) is 0 Å². The number of aryl methyl sites for hydroxylation is 2. The van der Waals surface area contributed by atoms with Gasteiger partial charge < -0.3 is 19.5 Å². The van der Waals surface area contributed by atoms with E-state index in [4.69, 9.17) is 4.74 Å². The van der Waals surface area contributed by atoms with Gasteiger partial charge in [-0.25, -0.2) is 15.0 Å². The molecular weight excluding hydrogens is 292 g/mol. The third kappa shape index (κ3) is 3.86. The largest absolute Gasteiger partial charge is 0.369 e. The summed E-state index contributed by atoms with van der Waals surface area (Å²) < 4.78 is 7.94. The van der Waals surface area contributed by atoms with Gasteiger partial charge in [0.15, 0.2) is 0 Å². The van der Waals surface area contributed by atoms with E-state index in [1.54, 1.807) is 0 Å². The summed E-state index contributed by atoms with van der Waals surface area (Å²) in [5, 5.41) is 3.34. The number of hydrogen-bond donors (Lipinski definition) is 1. The van der Waals surface area contributed by atoms with Crippen LogP contribution in [-0.4, -0.2) is 52.8 Å². The number of hydrogen-bond acceptors (Lipinski definition) is 6. The Balaban J connectivity index is 1.70. The fraction of sp³-hybridized carbons (Fsp3) is 0.562. The lowest BCUT2D eigenvalue weighted by Crippen LogP contribution is -2.34. The molecule has 2 aromatic heterocycles. The second-order valence-electron chi connectivity index (χ2n) is 5.85. The Labute approximate surface area is 136 Å². The van der Waals surface area contributed by atoms with Crippen LogP contribution in [0, 0.1) is 13.8 Å². The molecule has 0 saturated carbocycles. The molecule has 3 heterocycles. The number of imidazole rings is 1. The summed E-state index contributed by atoms with van der Waals surface area (Å²) in [4.78, 5) is 15.5. The molecule has 0 amide bonds. The van der Waals surface area contributed by atoms with Crippen molar-refractivity contribution in [2.24, 2.45) is 0 Å². The van der Waals surface area contributed by atoms with Gasteiger partial charge in [-0.1, -0.05) is 0 Å². The minimum atomic E-state index is 0.00786. The molecule has 1 atom stereocenters. The number of rotatable bonds is 5. The molecule has 124 valence electrons. The van der Waals surface area contributed by atoms with Gasteiger partial charge in [0.05, 0.1) is 12.3 Å². The second kappa shape index (κ2) is 7.06. The molecule has 2 aromatic rings. The van der Waals surface area contributed by atoms with Crippen LogP contribution in [0.25, 0.3) is 0 Å². The molecule has 0 unspecified atom stereocenters. The zero-order valence-electron chi connectivity index (χ0n) is 14.0. The van der Waals surface area contributed by atoms with Crippen molar-refractivity contribution in [3.05, 3.63) is 35.8 Å². The van der Waals surface area contributed by atoms with Crippen molar-refractivity contribution in [3.63, 3.8) is 0 Å². The van der Waals surface area contributed by atoms with E-state index in [9.17, 15) is 0 Å². The highest BCUT2D eigenvalue weighted by atomic mass is 16.5. The third-order valence-electron chi connectivity index (χ3n) is 4.09. The second-order valence-corrected chi connectivity index (χ2v) is 5.85. The van der Waals surface area contributed by atoms with Gasteiger partial charge in [-0.05, 0) is 13.8 Å². The molecule has 0 radical (unpaired) electrons. The number of morpholine rings is 1. The van der Waals surface area contributed by atoms with Gasteiger partial charge in [0, 0.05) is 51.7 Å². The minimum absolute atomic E-state index is 0.00786. The first kappa shape index (κ1) is 15.9. The molecule has 1 aliphatic heterocycles. The Morgan fingerprint density at radius 1 is 1.39 bits per heavy atom. The van der Waals surface area contributed by atoms with Gasteiger partial charge >= 0.3 is 0 Å². The van der Waals surface area contributed by atoms with Crippen LogP contribution in [0.1, 0.15) is 23.4 Å². The van der Waals surface area contributed by atoms with Crippen molar-refractivity contribution >= 4 is 5.82 Å². The summed E-state index contributed by atoms with van der Waals surface area (Å²) in [7, 11) is 2.05. The topological polar surface area (TPSA) is 68.1 Å². The van der Waals surface area contributed by atoms with Crippen LogP contribution in [-0.2, 0) is 11.3 Å². The summed E-state index contributed by atoms with van der Waals surface area (Å²) in [6.07, 6.45) is 3.84. The Hall–Kier alpha value is -1.99. The van der Waals surface area contributed by atoms with Crippen LogP contribution in [0.15, 0.2) is 18.5 Å². The van der Waals surface area contributed by atoms with Crippen molar-refractivity contribution in [2.75, 3.05) is 38.2 Å². The van der Waals surface area contributed by atoms with Gasteiger partial charge in [-0.15, -0.1) is 0 Å². The zero-order valence-corrected chi connectivity index (χ0v) is 14.0. The Morgan fingerprint density at radius 3 is 2.96 bits per heavy atom. The van der Waals surface area contributed by atoms with E-state index in [0.29, 0.717) is 0 Å². The highest BCUT2D eigenvalue weighted by molar-refractivity contribution is 5.39. The summed E-state index contributed by atoms with van der Waals surface area (Å²) in [6, 6.07) is 2.03. The maximum Gasteiger partial charge on any atom is 0.132 e. The lowest BCUT2D eigenvalue weighted by Gasteiger charge is -2.25. The molecule has 1 aliphatic rings. The van der Waals surface area contributed by atoms with Gasteiger partial charge in [0.1, 0.15) is 23.6 Å². The number of nitrogens with zero attached hydrogens (tertiary/aromatic N) is 5. The summed E-state index contributed by atoms with van der Waals surface area (Å²) in [5.41, 5.74) is 0.949. The Kier molecular flexibility index (Phi) is 4.88. The SMILES string of the molecule is Cc1nc([C@H]2CNCCO2)cc(N(C)CCn2ccnc2C)n1. The summed E-state index contributed by atoms with van der Waals surface area (Å²) >= 11 is 0. The first-order chi connectivity index (χ1) is 11.1. The molecule has 0 aromatic carbocycles. The molecule has 3 rings (SSSR count). The van der Waals surface area contributed by atoms with E-state index in [1.165, 1.54) is 0 Å². The molecule has 0 bridgehead atoms. The molecule has 0 spiro atoms. The average molecular weight is 316 g/mol. The number of nitrogens with one attached hydrogen (secondary N) is 1. The third-order valence-corrected chi connectivity index (χ3v) is 4.09. The van der Waals surface area contributed by atoms with E-state index in [2.05, 4.69) is 36.8 Å². The first-order valence-electron chi connectivity index (χ1n) is 8.00. The first-order valence-corrected chi connectivity index (χ1v) is 8.00. The molecule has 1 fully saturated rings. The molecule has 23 heavy (non-hydrogen) atoms. The average Bonchev–Trinajstić information content (AvgIpc) is 2.98.